The van der Waals surface area contributed by atoms with Gasteiger partial charge in [-0.25, -0.2) is 4.98 Å². The molecule has 1 amide bonds. The predicted molar refractivity (Wildman–Crippen MR) is 105 cm³/mol. The van der Waals surface area contributed by atoms with Gasteiger partial charge in [0.05, 0.1) is 10.7 Å². The monoisotopic (exact) mass is 387 g/mol. The summed E-state index contributed by atoms with van der Waals surface area (Å²) in [6, 6.07) is 9.96. The van der Waals surface area contributed by atoms with Crippen molar-refractivity contribution in [2.45, 2.75) is 24.9 Å². The minimum Gasteiger partial charge on any atom is -0.356 e. The summed E-state index contributed by atoms with van der Waals surface area (Å²) in [5.74, 6) is 1.55. The van der Waals surface area contributed by atoms with Crippen LogP contribution in [0.1, 0.15) is 17.1 Å². The van der Waals surface area contributed by atoms with Gasteiger partial charge in [-0.2, -0.15) is 0 Å². The number of thiazole rings is 1. The van der Waals surface area contributed by atoms with E-state index in [4.69, 9.17) is 0 Å². The molecule has 3 aromatic rings. The van der Waals surface area contributed by atoms with Crippen molar-refractivity contribution in [3.8, 4) is 11.4 Å². The number of nitrogens with one attached hydrogen (secondary N) is 1. The molecule has 0 bridgehead atoms. The van der Waals surface area contributed by atoms with Crippen LogP contribution in [-0.2, 0) is 18.3 Å². The third-order valence-electron chi connectivity index (χ3n) is 3.80. The number of benzene rings is 1. The Morgan fingerprint density at radius 2 is 2.08 bits per heavy atom. The molecule has 0 aliphatic heterocycles. The van der Waals surface area contributed by atoms with E-state index in [0.717, 1.165) is 33.7 Å². The first-order valence-corrected chi connectivity index (χ1v) is 10.3. The smallest absolute Gasteiger partial charge is 0.220 e. The fourth-order valence-electron chi connectivity index (χ4n) is 2.46. The maximum Gasteiger partial charge on any atom is 0.220 e. The van der Waals surface area contributed by atoms with Gasteiger partial charge in [0.15, 0.2) is 11.0 Å². The van der Waals surface area contributed by atoms with Crippen molar-refractivity contribution in [1.29, 1.82) is 0 Å². The van der Waals surface area contributed by atoms with Crippen LogP contribution in [0.15, 0.2) is 40.9 Å². The van der Waals surface area contributed by atoms with Crippen LogP contribution < -0.4 is 5.32 Å². The standard InChI is InChI=1S/C18H21N5OS2/c1-13-20-15(12-26-13)8-10-19-16(24)9-11-25-18-22-21-17(23(18)2)14-6-4-3-5-7-14/h3-7,12H,8-11H2,1-2H3,(H,19,24). The van der Waals surface area contributed by atoms with Gasteiger partial charge in [0.2, 0.25) is 5.91 Å². The minimum absolute atomic E-state index is 0.0508. The summed E-state index contributed by atoms with van der Waals surface area (Å²) in [6.07, 6.45) is 1.22. The van der Waals surface area contributed by atoms with Crippen molar-refractivity contribution in [2.24, 2.45) is 7.05 Å². The zero-order valence-corrected chi connectivity index (χ0v) is 16.4. The molecule has 0 spiro atoms. The average molecular weight is 388 g/mol. The number of nitrogens with zero attached hydrogens (tertiary/aromatic N) is 4. The topological polar surface area (TPSA) is 72.7 Å². The summed E-state index contributed by atoms with van der Waals surface area (Å²) in [7, 11) is 1.95. The van der Waals surface area contributed by atoms with Crippen molar-refractivity contribution in [2.75, 3.05) is 12.3 Å². The summed E-state index contributed by atoms with van der Waals surface area (Å²) in [5, 5.41) is 15.3. The molecule has 1 aromatic carbocycles. The van der Waals surface area contributed by atoms with Crippen LogP contribution >= 0.6 is 23.1 Å². The van der Waals surface area contributed by atoms with Crippen molar-refractivity contribution < 1.29 is 4.79 Å². The third kappa shape index (κ3) is 4.92. The summed E-state index contributed by atoms with van der Waals surface area (Å²) >= 11 is 3.18. The van der Waals surface area contributed by atoms with Crippen LogP contribution in [0.3, 0.4) is 0 Å². The van der Waals surface area contributed by atoms with E-state index in [9.17, 15) is 4.79 Å². The summed E-state index contributed by atoms with van der Waals surface area (Å²) in [6.45, 7) is 2.61. The second-order valence-electron chi connectivity index (χ2n) is 5.79. The molecule has 3 rings (SSSR count). The Balaban J connectivity index is 1.42. The van der Waals surface area contributed by atoms with Crippen LogP contribution in [0.2, 0.25) is 0 Å². The van der Waals surface area contributed by atoms with Gasteiger partial charge in [0.25, 0.3) is 0 Å². The first-order chi connectivity index (χ1) is 12.6. The van der Waals surface area contributed by atoms with Crippen LogP contribution in [-0.4, -0.2) is 38.0 Å². The molecule has 0 aliphatic rings. The Bertz CT molecular complexity index is 860. The van der Waals surface area contributed by atoms with Gasteiger partial charge in [0, 0.05) is 43.1 Å². The van der Waals surface area contributed by atoms with E-state index in [0.29, 0.717) is 18.7 Å². The fourth-order valence-corrected chi connectivity index (χ4v) is 3.95. The molecule has 0 aliphatic carbocycles. The molecule has 0 saturated heterocycles. The van der Waals surface area contributed by atoms with Crippen molar-refractivity contribution in [3.63, 3.8) is 0 Å². The largest absolute Gasteiger partial charge is 0.356 e. The van der Waals surface area contributed by atoms with Crippen LogP contribution in [0.5, 0.6) is 0 Å². The van der Waals surface area contributed by atoms with Crippen LogP contribution in [0, 0.1) is 6.92 Å². The Morgan fingerprint density at radius 1 is 1.27 bits per heavy atom. The van der Waals surface area contributed by atoms with Crippen LogP contribution in [0.25, 0.3) is 11.4 Å². The van der Waals surface area contributed by atoms with Gasteiger partial charge in [-0.15, -0.1) is 21.5 Å². The lowest BCUT2D eigenvalue weighted by atomic mass is 10.2. The van der Waals surface area contributed by atoms with Gasteiger partial charge in [-0.3, -0.25) is 4.79 Å². The van der Waals surface area contributed by atoms with Crippen molar-refractivity contribution >= 4 is 29.0 Å². The molecule has 0 atom stereocenters. The summed E-state index contributed by atoms with van der Waals surface area (Å²) in [4.78, 5) is 16.3. The molecule has 1 N–H and O–H groups in total. The number of aromatic nitrogens is 4. The molecule has 2 aromatic heterocycles. The highest BCUT2D eigenvalue weighted by Gasteiger charge is 2.11. The van der Waals surface area contributed by atoms with E-state index in [2.05, 4.69) is 20.5 Å². The normalized spacial score (nSPS) is 10.8. The van der Waals surface area contributed by atoms with Crippen molar-refractivity contribution in [1.82, 2.24) is 25.1 Å². The third-order valence-corrected chi connectivity index (χ3v) is 5.64. The molecule has 0 unspecified atom stereocenters. The Kier molecular flexibility index (Phi) is 6.40. The molecule has 0 saturated carbocycles. The van der Waals surface area contributed by atoms with E-state index in [1.807, 2.05) is 54.3 Å². The Hall–Kier alpha value is -2.19. The van der Waals surface area contributed by atoms with E-state index < -0.39 is 0 Å². The quantitative estimate of drug-likeness (QED) is 0.601. The fraction of sp³-hybridized carbons (Fsp3) is 0.333. The maximum atomic E-state index is 12.0. The molecular weight excluding hydrogens is 366 g/mol. The van der Waals surface area contributed by atoms with Gasteiger partial charge < -0.3 is 9.88 Å². The summed E-state index contributed by atoms with van der Waals surface area (Å²) in [5.41, 5.74) is 2.07. The van der Waals surface area contributed by atoms with Crippen molar-refractivity contribution in [3.05, 3.63) is 46.4 Å². The Labute approximate surface area is 161 Å². The number of rotatable bonds is 8. The number of amides is 1. The number of aryl methyl sites for hydroxylation is 1. The molecule has 0 fully saturated rings. The lowest BCUT2D eigenvalue weighted by Crippen LogP contribution is -2.26. The van der Waals surface area contributed by atoms with E-state index >= 15 is 0 Å². The second-order valence-corrected chi connectivity index (χ2v) is 7.91. The molecule has 8 heteroatoms. The Morgan fingerprint density at radius 3 is 2.81 bits per heavy atom. The minimum atomic E-state index is 0.0508. The number of hydrogen-bond acceptors (Lipinski definition) is 6. The average Bonchev–Trinajstić information content (AvgIpc) is 3.22. The molecule has 26 heavy (non-hydrogen) atoms. The van der Waals surface area contributed by atoms with E-state index in [1.165, 1.54) is 0 Å². The lowest BCUT2D eigenvalue weighted by Gasteiger charge is -2.05. The molecular formula is C18H21N5OS2. The zero-order chi connectivity index (χ0) is 18.4. The molecule has 136 valence electrons. The second kappa shape index (κ2) is 8.95. The van der Waals surface area contributed by atoms with E-state index in [1.54, 1.807) is 23.1 Å². The molecule has 2 heterocycles. The van der Waals surface area contributed by atoms with Gasteiger partial charge in [-0.05, 0) is 6.92 Å². The van der Waals surface area contributed by atoms with Gasteiger partial charge in [-0.1, -0.05) is 42.1 Å². The van der Waals surface area contributed by atoms with E-state index in [-0.39, 0.29) is 5.91 Å². The first-order valence-electron chi connectivity index (χ1n) is 8.39. The maximum absolute atomic E-state index is 12.0. The van der Waals surface area contributed by atoms with Crippen LogP contribution in [0.4, 0.5) is 0 Å². The first kappa shape index (κ1) is 18.6. The zero-order valence-electron chi connectivity index (χ0n) is 14.8. The number of carbonyl (C=O) groups is 1. The lowest BCUT2D eigenvalue weighted by molar-refractivity contribution is -0.120. The number of thioether (sulfide) groups is 1. The molecule has 0 radical (unpaired) electrons. The highest BCUT2D eigenvalue weighted by atomic mass is 32.2. The number of hydrogen-bond donors (Lipinski definition) is 1. The SMILES string of the molecule is Cc1nc(CCNC(=O)CCSc2nnc(-c3ccccc3)n2C)cs1. The summed E-state index contributed by atoms with van der Waals surface area (Å²) < 4.78 is 1.96. The highest BCUT2D eigenvalue weighted by Crippen LogP contribution is 2.22. The van der Waals surface area contributed by atoms with Gasteiger partial charge >= 0.3 is 0 Å². The molecule has 6 nitrogen and oxygen atoms in total. The highest BCUT2D eigenvalue weighted by molar-refractivity contribution is 7.99. The number of carbonyl (C=O) groups excluding carboxylic acids is 1. The van der Waals surface area contributed by atoms with Gasteiger partial charge in [0.1, 0.15) is 0 Å². The predicted octanol–water partition coefficient (Wildman–Crippen LogP) is 3.09.